The Kier molecular flexibility index (Phi) is 5.22. The lowest BCUT2D eigenvalue weighted by molar-refractivity contribution is 0.532. The average Bonchev–Trinajstić information content (AvgIpc) is 3.38. The van der Waals surface area contributed by atoms with Crippen LogP contribution in [0.25, 0.3) is 0 Å². The minimum absolute atomic E-state index is 0.0390. The van der Waals surface area contributed by atoms with E-state index in [1.165, 1.54) is 5.56 Å². The highest BCUT2D eigenvalue weighted by Gasteiger charge is 2.42. The van der Waals surface area contributed by atoms with Gasteiger partial charge in [-0.2, -0.15) is 0 Å². The van der Waals surface area contributed by atoms with Crippen LogP contribution in [0.5, 0.6) is 0 Å². The van der Waals surface area contributed by atoms with E-state index in [-0.39, 0.29) is 12.1 Å². The number of pyridine rings is 2. The zero-order chi connectivity index (χ0) is 21.2. The Morgan fingerprint density at radius 3 is 2.52 bits per heavy atom. The van der Waals surface area contributed by atoms with Crippen molar-refractivity contribution in [1.82, 2.24) is 19.9 Å². The van der Waals surface area contributed by atoms with Crippen molar-refractivity contribution in [3.63, 3.8) is 0 Å². The molecule has 0 bridgehead atoms. The van der Waals surface area contributed by atoms with Crippen molar-refractivity contribution in [2.45, 2.75) is 25.6 Å². The summed E-state index contributed by atoms with van der Waals surface area (Å²) in [5.74, 6) is 0. The fraction of sp³-hybridized carbons (Fsp3) is 0.160. The predicted octanol–water partition coefficient (Wildman–Crippen LogP) is 4.81. The van der Waals surface area contributed by atoms with Crippen LogP contribution in [0.1, 0.15) is 34.7 Å². The van der Waals surface area contributed by atoms with Gasteiger partial charge < -0.3 is 14.8 Å². The summed E-state index contributed by atoms with van der Waals surface area (Å²) in [4.78, 5) is 11.4. The number of benzene rings is 1. The number of aryl methyl sites for hydroxylation is 1. The second-order valence-corrected chi connectivity index (χ2v) is 8.10. The van der Waals surface area contributed by atoms with Gasteiger partial charge in [0.25, 0.3) is 0 Å². The number of nitrogens with zero attached hydrogens (tertiary/aromatic N) is 4. The number of nitrogens with one attached hydrogen (secondary N) is 1. The fourth-order valence-electron chi connectivity index (χ4n) is 4.22. The van der Waals surface area contributed by atoms with Gasteiger partial charge in [-0.3, -0.25) is 9.97 Å². The predicted molar refractivity (Wildman–Crippen MR) is 127 cm³/mol. The summed E-state index contributed by atoms with van der Waals surface area (Å²) >= 11 is 5.83. The maximum absolute atomic E-state index is 5.83. The zero-order valence-corrected chi connectivity index (χ0v) is 18.0. The Morgan fingerprint density at radius 2 is 1.77 bits per heavy atom. The van der Waals surface area contributed by atoms with Gasteiger partial charge in [0.1, 0.15) is 6.04 Å². The van der Waals surface area contributed by atoms with E-state index in [0.29, 0.717) is 11.7 Å². The first-order valence-electron chi connectivity index (χ1n) is 10.3. The minimum atomic E-state index is -0.0633. The monoisotopic (exact) mass is 425 g/mol. The van der Waals surface area contributed by atoms with Crippen molar-refractivity contribution in [3.8, 4) is 0 Å². The first-order chi connectivity index (χ1) is 15.2. The number of aromatic nitrogens is 3. The topological polar surface area (TPSA) is 46.0 Å². The molecular formula is C25H23N5S. The average molecular weight is 426 g/mol. The number of hydrogen-bond donors (Lipinski definition) is 1. The van der Waals surface area contributed by atoms with E-state index in [0.717, 1.165) is 22.8 Å². The van der Waals surface area contributed by atoms with Crippen LogP contribution in [-0.4, -0.2) is 19.6 Å². The molecule has 4 aromatic rings. The summed E-state index contributed by atoms with van der Waals surface area (Å²) in [6.07, 6.45) is 5.77. The Morgan fingerprint density at radius 1 is 0.935 bits per heavy atom. The van der Waals surface area contributed by atoms with Crippen LogP contribution in [0.4, 0.5) is 5.69 Å². The smallest absolute Gasteiger partial charge is 0.174 e. The molecule has 1 saturated heterocycles. The maximum atomic E-state index is 5.83. The SMILES string of the molecule is Cc1cccc(N2C(=S)N[C@H](c3ccccn3)[C@@H]2c2cccn2Cc2ccccn2)c1. The molecule has 0 saturated carbocycles. The molecule has 31 heavy (non-hydrogen) atoms. The van der Waals surface area contributed by atoms with Crippen molar-refractivity contribution in [3.05, 3.63) is 114 Å². The lowest BCUT2D eigenvalue weighted by Gasteiger charge is -2.29. The van der Waals surface area contributed by atoms with E-state index < -0.39 is 0 Å². The molecule has 1 fully saturated rings. The summed E-state index contributed by atoms with van der Waals surface area (Å²) in [6.45, 7) is 2.80. The van der Waals surface area contributed by atoms with E-state index in [1.54, 1.807) is 0 Å². The summed E-state index contributed by atoms with van der Waals surface area (Å²) in [7, 11) is 0. The third-order valence-corrected chi connectivity index (χ3v) is 5.92. The molecule has 3 aromatic heterocycles. The summed E-state index contributed by atoms with van der Waals surface area (Å²) in [6, 6.07) is 24.6. The normalized spacial score (nSPS) is 18.2. The third-order valence-electron chi connectivity index (χ3n) is 5.60. The molecule has 5 nitrogen and oxygen atoms in total. The Labute approximate surface area is 187 Å². The van der Waals surface area contributed by atoms with E-state index in [9.17, 15) is 0 Å². The first-order valence-corrected chi connectivity index (χ1v) is 10.7. The molecule has 154 valence electrons. The van der Waals surface area contributed by atoms with Crippen molar-refractivity contribution >= 4 is 23.0 Å². The Balaban J connectivity index is 1.61. The van der Waals surface area contributed by atoms with Crippen molar-refractivity contribution in [2.75, 3.05) is 4.90 Å². The highest BCUT2D eigenvalue weighted by Crippen LogP contribution is 2.41. The molecule has 2 atom stereocenters. The first kappa shape index (κ1) is 19.5. The number of hydrogen-bond acceptors (Lipinski definition) is 3. The minimum Gasteiger partial charge on any atom is -0.351 e. The van der Waals surface area contributed by atoms with E-state index in [2.05, 4.69) is 86.4 Å². The zero-order valence-electron chi connectivity index (χ0n) is 17.2. The highest BCUT2D eigenvalue weighted by molar-refractivity contribution is 7.80. The standard InChI is InChI=1S/C25H23N5S/c1-18-8-6-10-20(16-18)30-24(23(28-25(30)31)21-11-3-5-14-27-21)22-12-7-15-29(22)17-19-9-2-4-13-26-19/h2-16,23-24H,17H2,1H3,(H,28,31)/t23-,24+/m1/s1. The van der Waals surface area contributed by atoms with Gasteiger partial charge in [0.2, 0.25) is 0 Å². The summed E-state index contributed by atoms with van der Waals surface area (Å²) in [5.41, 5.74) is 5.42. The summed E-state index contributed by atoms with van der Waals surface area (Å²) in [5, 5.41) is 4.24. The number of anilines is 1. The molecule has 6 heteroatoms. The van der Waals surface area contributed by atoms with Crippen molar-refractivity contribution < 1.29 is 0 Å². The fourth-order valence-corrected chi connectivity index (χ4v) is 4.56. The van der Waals surface area contributed by atoms with Crippen LogP contribution in [0.15, 0.2) is 91.4 Å². The van der Waals surface area contributed by atoms with Gasteiger partial charge in [0, 0.05) is 30.0 Å². The second-order valence-electron chi connectivity index (χ2n) is 7.72. The van der Waals surface area contributed by atoms with Crippen molar-refractivity contribution in [2.24, 2.45) is 0 Å². The number of rotatable bonds is 5. The van der Waals surface area contributed by atoms with Gasteiger partial charge >= 0.3 is 0 Å². The van der Waals surface area contributed by atoms with Gasteiger partial charge in [0.15, 0.2) is 5.11 Å². The van der Waals surface area contributed by atoms with Gasteiger partial charge in [-0.05, 0) is 73.2 Å². The van der Waals surface area contributed by atoms with Crippen LogP contribution >= 0.6 is 12.2 Å². The Hall–Kier alpha value is -3.51. The van der Waals surface area contributed by atoms with Crippen LogP contribution in [0.2, 0.25) is 0 Å². The molecule has 0 spiro atoms. The van der Waals surface area contributed by atoms with Gasteiger partial charge in [-0.1, -0.05) is 24.3 Å². The molecule has 5 rings (SSSR count). The third kappa shape index (κ3) is 3.82. The van der Waals surface area contributed by atoms with Crippen molar-refractivity contribution in [1.29, 1.82) is 0 Å². The van der Waals surface area contributed by atoms with E-state index in [4.69, 9.17) is 12.2 Å². The largest absolute Gasteiger partial charge is 0.351 e. The molecule has 1 N–H and O–H groups in total. The highest BCUT2D eigenvalue weighted by atomic mass is 32.1. The molecule has 0 unspecified atom stereocenters. The lowest BCUT2D eigenvalue weighted by atomic mass is 10.0. The molecule has 4 heterocycles. The number of thiocarbonyl (C=S) groups is 1. The van der Waals surface area contributed by atoms with Gasteiger partial charge in [0.05, 0.1) is 24.0 Å². The quantitative estimate of drug-likeness (QED) is 0.465. The molecule has 1 aliphatic rings. The lowest BCUT2D eigenvalue weighted by Crippen LogP contribution is -2.30. The molecule has 0 amide bonds. The van der Waals surface area contributed by atoms with Gasteiger partial charge in [-0.15, -0.1) is 0 Å². The molecule has 0 aliphatic carbocycles. The van der Waals surface area contributed by atoms with Crippen LogP contribution in [-0.2, 0) is 6.54 Å². The molecule has 0 radical (unpaired) electrons. The van der Waals surface area contributed by atoms with Gasteiger partial charge in [-0.25, -0.2) is 0 Å². The van der Waals surface area contributed by atoms with Crippen LogP contribution in [0.3, 0.4) is 0 Å². The van der Waals surface area contributed by atoms with Crippen LogP contribution in [0, 0.1) is 6.92 Å². The second kappa shape index (κ2) is 8.32. The van der Waals surface area contributed by atoms with E-state index in [1.807, 2.05) is 36.7 Å². The molecular weight excluding hydrogens is 402 g/mol. The van der Waals surface area contributed by atoms with Crippen LogP contribution < -0.4 is 10.2 Å². The van der Waals surface area contributed by atoms with E-state index >= 15 is 0 Å². The Bertz CT molecular complexity index is 1190. The summed E-state index contributed by atoms with van der Waals surface area (Å²) < 4.78 is 2.25. The molecule has 1 aromatic carbocycles. The molecule has 1 aliphatic heterocycles. The maximum Gasteiger partial charge on any atom is 0.174 e.